The molecule has 3 atom stereocenters. The van der Waals surface area contributed by atoms with Crippen molar-refractivity contribution >= 4 is 0 Å². The predicted molar refractivity (Wildman–Crippen MR) is 50.9 cm³/mol. The maximum atomic E-state index is 5.79. The van der Waals surface area contributed by atoms with Crippen molar-refractivity contribution in [2.75, 3.05) is 19.6 Å². The van der Waals surface area contributed by atoms with Gasteiger partial charge in [-0.15, -0.1) is 0 Å². The summed E-state index contributed by atoms with van der Waals surface area (Å²) in [6.45, 7) is 5.85. The van der Waals surface area contributed by atoms with Crippen molar-refractivity contribution in [1.29, 1.82) is 0 Å². The smallest absolute Gasteiger partial charge is 0.0139 e. The van der Waals surface area contributed by atoms with Gasteiger partial charge in [0.15, 0.2) is 0 Å². The topological polar surface area (TPSA) is 29.3 Å². The Kier molecular flexibility index (Phi) is 2.37. The molecule has 1 heterocycles. The third-order valence-electron chi connectivity index (χ3n) is 3.23. The molecule has 0 aromatic rings. The van der Waals surface area contributed by atoms with Crippen LogP contribution in [0.25, 0.3) is 0 Å². The summed E-state index contributed by atoms with van der Waals surface area (Å²) in [5.74, 6) is 2.00. The van der Waals surface area contributed by atoms with Gasteiger partial charge in [0.2, 0.25) is 0 Å². The van der Waals surface area contributed by atoms with Crippen LogP contribution in [0.5, 0.6) is 0 Å². The maximum Gasteiger partial charge on any atom is 0.0139 e. The molecule has 1 saturated carbocycles. The van der Waals surface area contributed by atoms with Gasteiger partial charge in [0, 0.05) is 25.7 Å². The van der Waals surface area contributed by atoms with Crippen LogP contribution in [0.2, 0.25) is 0 Å². The molecule has 0 aromatic carbocycles. The highest BCUT2D eigenvalue weighted by Gasteiger charge is 2.32. The fourth-order valence-corrected chi connectivity index (χ4v) is 2.87. The van der Waals surface area contributed by atoms with Gasteiger partial charge >= 0.3 is 0 Å². The first kappa shape index (κ1) is 8.52. The van der Waals surface area contributed by atoms with E-state index in [9.17, 15) is 0 Å². The number of fused-ring (bicyclic) bond motifs is 2. The molecular formula is C10H20N2. The lowest BCUT2D eigenvalue weighted by molar-refractivity contribution is 0.162. The Morgan fingerprint density at radius 2 is 1.92 bits per heavy atom. The fourth-order valence-electron chi connectivity index (χ4n) is 2.87. The molecular weight excluding hydrogens is 148 g/mol. The number of piperidine rings is 1. The lowest BCUT2D eigenvalue weighted by atomic mass is 9.98. The van der Waals surface area contributed by atoms with E-state index in [2.05, 4.69) is 11.8 Å². The van der Waals surface area contributed by atoms with Crippen LogP contribution in [0, 0.1) is 11.8 Å². The molecule has 1 aliphatic carbocycles. The van der Waals surface area contributed by atoms with E-state index in [0.29, 0.717) is 6.04 Å². The molecule has 0 radical (unpaired) electrons. The largest absolute Gasteiger partial charge is 0.327 e. The van der Waals surface area contributed by atoms with E-state index >= 15 is 0 Å². The average Bonchev–Trinajstić information content (AvgIpc) is 2.29. The minimum absolute atomic E-state index is 0.350. The van der Waals surface area contributed by atoms with Crippen molar-refractivity contribution in [3.05, 3.63) is 0 Å². The minimum atomic E-state index is 0.350. The predicted octanol–water partition coefficient (Wildman–Crippen LogP) is 1.07. The standard InChI is InChI=1S/C10H20N2/c1-8(11)5-12-6-9-2-3-10(4-9)7-12/h8-10H,2-7,11H2,1H3/t8?,9-,10+. The Labute approximate surface area is 75.1 Å². The van der Waals surface area contributed by atoms with Crippen molar-refractivity contribution in [2.45, 2.75) is 32.2 Å². The second-order valence-corrected chi connectivity index (χ2v) is 4.74. The molecule has 70 valence electrons. The zero-order valence-electron chi connectivity index (χ0n) is 8.00. The highest BCUT2D eigenvalue weighted by molar-refractivity contribution is 4.86. The van der Waals surface area contributed by atoms with Gasteiger partial charge < -0.3 is 10.6 Å². The number of hydrogen-bond acceptors (Lipinski definition) is 2. The van der Waals surface area contributed by atoms with Gasteiger partial charge in [-0.3, -0.25) is 0 Å². The number of nitrogens with zero attached hydrogens (tertiary/aromatic N) is 1. The molecule has 2 rings (SSSR count). The number of hydrogen-bond donors (Lipinski definition) is 1. The van der Waals surface area contributed by atoms with Gasteiger partial charge in [0.05, 0.1) is 0 Å². The van der Waals surface area contributed by atoms with Crippen LogP contribution in [-0.4, -0.2) is 30.6 Å². The first-order valence-electron chi connectivity index (χ1n) is 5.22. The average molecular weight is 168 g/mol. The van der Waals surface area contributed by atoms with Crippen LogP contribution in [0.4, 0.5) is 0 Å². The zero-order chi connectivity index (χ0) is 8.55. The second kappa shape index (κ2) is 3.35. The van der Waals surface area contributed by atoms with Crippen LogP contribution >= 0.6 is 0 Å². The van der Waals surface area contributed by atoms with Gasteiger partial charge in [-0.05, 0) is 38.0 Å². The minimum Gasteiger partial charge on any atom is -0.327 e. The summed E-state index contributed by atoms with van der Waals surface area (Å²) >= 11 is 0. The van der Waals surface area contributed by atoms with E-state index in [1.54, 1.807) is 0 Å². The fraction of sp³-hybridized carbons (Fsp3) is 1.00. The Morgan fingerprint density at radius 1 is 1.33 bits per heavy atom. The van der Waals surface area contributed by atoms with Gasteiger partial charge in [0.1, 0.15) is 0 Å². The van der Waals surface area contributed by atoms with Crippen LogP contribution in [0.15, 0.2) is 0 Å². The quantitative estimate of drug-likeness (QED) is 0.668. The SMILES string of the molecule is CC(N)CN1C[C@@H]2CC[C@@H](C2)C1. The van der Waals surface area contributed by atoms with Crippen LogP contribution in [-0.2, 0) is 0 Å². The highest BCUT2D eigenvalue weighted by Crippen LogP contribution is 2.36. The molecule has 2 aliphatic rings. The van der Waals surface area contributed by atoms with E-state index < -0.39 is 0 Å². The first-order valence-corrected chi connectivity index (χ1v) is 5.22. The molecule has 2 bridgehead atoms. The van der Waals surface area contributed by atoms with Gasteiger partial charge in [0.25, 0.3) is 0 Å². The summed E-state index contributed by atoms with van der Waals surface area (Å²) in [6, 6.07) is 0.350. The number of likely N-dealkylation sites (tertiary alicyclic amines) is 1. The van der Waals surface area contributed by atoms with E-state index in [-0.39, 0.29) is 0 Å². The summed E-state index contributed by atoms with van der Waals surface area (Å²) in [7, 11) is 0. The highest BCUT2D eigenvalue weighted by atomic mass is 15.1. The van der Waals surface area contributed by atoms with Gasteiger partial charge in [-0.25, -0.2) is 0 Å². The van der Waals surface area contributed by atoms with Gasteiger partial charge in [-0.1, -0.05) is 0 Å². The summed E-state index contributed by atoms with van der Waals surface area (Å²) in [5.41, 5.74) is 5.79. The molecule has 1 saturated heterocycles. The summed E-state index contributed by atoms with van der Waals surface area (Å²) < 4.78 is 0. The molecule has 1 aliphatic heterocycles. The summed E-state index contributed by atoms with van der Waals surface area (Å²) in [6.07, 6.45) is 4.44. The van der Waals surface area contributed by atoms with Crippen molar-refractivity contribution in [1.82, 2.24) is 4.90 Å². The van der Waals surface area contributed by atoms with Crippen molar-refractivity contribution in [3.63, 3.8) is 0 Å². The summed E-state index contributed by atoms with van der Waals surface area (Å²) in [5, 5.41) is 0. The van der Waals surface area contributed by atoms with Crippen LogP contribution in [0.3, 0.4) is 0 Å². The lowest BCUT2D eigenvalue weighted by Crippen LogP contribution is -2.42. The monoisotopic (exact) mass is 168 g/mol. The zero-order valence-corrected chi connectivity index (χ0v) is 8.00. The molecule has 0 spiro atoms. The molecule has 0 amide bonds. The van der Waals surface area contributed by atoms with Crippen LogP contribution in [0.1, 0.15) is 26.2 Å². The van der Waals surface area contributed by atoms with Crippen molar-refractivity contribution < 1.29 is 0 Å². The van der Waals surface area contributed by atoms with E-state index in [1.165, 1.54) is 32.4 Å². The van der Waals surface area contributed by atoms with E-state index in [0.717, 1.165) is 18.4 Å². The lowest BCUT2D eigenvalue weighted by Gasteiger charge is -2.32. The maximum absolute atomic E-state index is 5.79. The van der Waals surface area contributed by atoms with Crippen LogP contribution < -0.4 is 5.73 Å². The van der Waals surface area contributed by atoms with E-state index in [4.69, 9.17) is 5.73 Å². The molecule has 2 fully saturated rings. The molecule has 2 nitrogen and oxygen atoms in total. The van der Waals surface area contributed by atoms with Crippen molar-refractivity contribution in [2.24, 2.45) is 17.6 Å². The van der Waals surface area contributed by atoms with E-state index in [1.807, 2.05) is 0 Å². The Hall–Kier alpha value is -0.0800. The molecule has 2 N–H and O–H groups in total. The Bertz CT molecular complexity index is 144. The first-order chi connectivity index (χ1) is 5.74. The molecule has 0 aromatic heterocycles. The second-order valence-electron chi connectivity index (χ2n) is 4.74. The summed E-state index contributed by atoms with van der Waals surface area (Å²) in [4.78, 5) is 2.57. The third kappa shape index (κ3) is 1.80. The Morgan fingerprint density at radius 3 is 2.42 bits per heavy atom. The number of rotatable bonds is 2. The van der Waals surface area contributed by atoms with Gasteiger partial charge in [-0.2, -0.15) is 0 Å². The molecule has 2 heteroatoms. The Balaban J connectivity index is 1.85. The normalized spacial score (nSPS) is 38.5. The van der Waals surface area contributed by atoms with Crippen molar-refractivity contribution in [3.8, 4) is 0 Å². The molecule has 12 heavy (non-hydrogen) atoms. The number of nitrogens with two attached hydrogens (primary N) is 1. The molecule has 1 unspecified atom stereocenters. The third-order valence-corrected chi connectivity index (χ3v) is 3.23.